The first-order valence-corrected chi connectivity index (χ1v) is 10.2. The quantitative estimate of drug-likeness (QED) is 0.464. The van der Waals surface area contributed by atoms with Gasteiger partial charge in [-0.15, -0.1) is 0 Å². The topological polar surface area (TPSA) is 64.0 Å². The standard InChI is InChI=1S/C20H19ClFN3O2S/c1-2-9-25-19(27)16-8-5-14(21)10-17(16)24-20(25)28-12-18(26)23-11-13-3-6-15(22)7-4-13/h3-8,10H,2,9,11-12H2,1H3,(H,23,26). The predicted molar refractivity (Wildman–Crippen MR) is 110 cm³/mol. The number of hydrogen-bond donors (Lipinski definition) is 1. The molecular formula is C20H19ClFN3O2S. The number of benzene rings is 2. The van der Waals surface area contributed by atoms with Crippen LogP contribution in [0.2, 0.25) is 5.02 Å². The number of nitrogens with one attached hydrogen (secondary N) is 1. The summed E-state index contributed by atoms with van der Waals surface area (Å²) in [6, 6.07) is 10.9. The molecule has 1 amide bonds. The van der Waals surface area contributed by atoms with Gasteiger partial charge >= 0.3 is 0 Å². The molecule has 3 aromatic rings. The predicted octanol–water partition coefficient (Wildman–Crippen LogP) is 4.01. The van der Waals surface area contributed by atoms with Crippen LogP contribution in [-0.2, 0) is 17.9 Å². The molecule has 1 aromatic heterocycles. The van der Waals surface area contributed by atoms with E-state index in [-0.39, 0.29) is 23.0 Å². The first kappa shape index (κ1) is 20.4. The highest BCUT2D eigenvalue weighted by Gasteiger charge is 2.13. The smallest absolute Gasteiger partial charge is 0.262 e. The lowest BCUT2D eigenvalue weighted by Crippen LogP contribution is -2.26. The second kappa shape index (κ2) is 9.21. The van der Waals surface area contributed by atoms with E-state index in [9.17, 15) is 14.0 Å². The lowest BCUT2D eigenvalue weighted by molar-refractivity contribution is -0.118. The number of thioether (sulfide) groups is 1. The zero-order chi connectivity index (χ0) is 20.1. The third-order valence-electron chi connectivity index (χ3n) is 4.06. The maximum Gasteiger partial charge on any atom is 0.262 e. The summed E-state index contributed by atoms with van der Waals surface area (Å²) in [5.74, 6) is -0.400. The zero-order valence-corrected chi connectivity index (χ0v) is 16.8. The second-order valence-electron chi connectivity index (χ2n) is 6.20. The molecule has 0 radical (unpaired) electrons. The number of fused-ring (bicyclic) bond motifs is 1. The van der Waals surface area contributed by atoms with Crippen molar-refractivity contribution in [1.82, 2.24) is 14.9 Å². The molecule has 0 bridgehead atoms. The first-order chi connectivity index (χ1) is 13.5. The Labute approximate surface area is 170 Å². The van der Waals surface area contributed by atoms with Gasteiger partial charge in [-0.3, -0.25) is 14.2 Å². The van der Waals surface area contributed by atoms with Gasteiger partial charge in [0.1, 0.15) is 5.82 Å². The Kier molecular flexibility index (Phi) is 6.70. The summed E-state index contributed by atoms with van der Waals surface area (Å²) < 4.78 is 14.5. The first-order valence-electron chi connectivity index (χ1n) is 8.82. The molecule has 28 heavy (non-hydrogen) atoms. The van der Waals surface area contributed by atoms with E-state index in [1.165, 1.54) is 23.9 Å². The van der Waals surface area contributed by atoms with Crippen LogP contribution in [-0.4, -0.2) is 21.2 Å². The van der Waals surface area contributed by atoms with E-state index in [0.29, 0.717) is 34.2 Å². The number of amides is 1. The fourth-order valence-electron chi connectivity index (χ4n) is 2.69. The van der Waals surface area contributed by atoms with Crippen molar-refractivity contribution in [3.63, 3.8) is 0 Å². The fraction of sp³-hybridized carbons (Fsp3) is 0.250. The molecular weight excluding hydrogens is 401 g/mol. The van der Waals surface area contributed by atoms with Crippen LogP contribution in [0.15, 0.2) is 52.4 Å². The Hall–Kier alpha value is -2.38. The van der Waals surface area contributed by atoms with Crippen molar-refractivity contribution in [3.8, 4) is 0 Å². The number of carbonyl (C=O) groups excluding carboxylic acids is 1. The minimum atomic E-state index is -0.318. The van der Waals surface area contributed by atoms with Crippen molar-refractivity contribution in [3.05, 3.63) is 69.2 Å². The van der Waals surface area contributed by atoms with Crippen LogP contribution in [0.5, 0.6) is 0 Å². The lowest BCUT2D eigenvalue weighted by Gasteiger charge is -2.12. The summed E-state index contributed by atoms with van der Waals surface area (Å²) in [6.45, 7) is 2.80. The number of hydrogen-bond acceptors (Lipinski definition) is 4. The Balaban J connectivity index is 1.73. The van der Waals surface area contributed by atoms with Crippen LogP contribution < -0.4 is 10.9 Å². The molecule has 0 aliphatic rings. The van der Waals surface area contributed by atoms with Gasteiger partial charge in [0.05, 0.1) is 16.7 Å². The van der Waals surface area contributed by atoms with Gasteiger partial charge in [0.25, 0.3) is 5.56 Å². The summed E-state index contributed by atoms with van der Waals surface area (Å²) in [7, 11) is 0. The number of rotatable bonds is 7. The number of nitrogens with zero attached hydrogens (tertiary/aromatic N) is 2. The molecule has 0 saturated carbocycles. The van der Waals surface area contributed by atoms with Gasteiger partial charge in [-0.2, -0.15) is 0 Å². The van der Waals surface area contributed by atoms with E-state index in [1.54, 1.807) is 34.9 Å². The molecule has 0 unspecified atom stereocenters. The highest BCUT2D eigenvalue weighted by atomic mass is 35.5. The number of halogens is 2. The highest BCUT2D eigenvalue weighted by Crippen LogP contribution is 2.20. The Morgan fingerprint density at radius 3 is 2.71 bits per heavy atom. The van der Waals surface area contributed by atoms with Crippen molar-refractivity contribution in [1.29, 1.82) is 0 Å². The molecule has 0 atom stereocenters. The van der Waals surface area contributed by atoms with E-state index in [4.69, 9.17) is 11.6 Å². The van der Waals surface area contributed by atoms with E-state index < -0.39 is 0 Å². The van der Waals surface area contributed by atoms with Crippen molar-refractivity contribution in [2.24, 2.45) is 0 Å². The van der Waals surface area contributed by atoms with Crippen LogP contribution in [0.1, 0.15) is 18.9 Å². The molecule has 8 heteroatoms. The largest absolute Gasteiger partial charge is 0.351 e. The van der Waals surface area contributed by atoms with Crippen LogP contribution in [0.25, 0.3) is 10.9 Å². The molecule has 1 heterocycles. The van der Waals surface area contributed by atoms with Gasteiger partial charge in [0, 0.05) is 18.1 Å². The van der Waals surface area contributed by atoms with Crippen LogP contribution >= 0.6 is 23.4 Å². The Morgan fingerprint density at radius 1 is 1.25 bits per heavy atom. The number of aromatic nitrogens is 2. The molecule has 5 nitrogen and oxygen atoms in total. The monoisotopic (exact) mass is 419 g/mol. The summed E-state index contributed by atoms with van der Waals surface area (Å²) in [5, 5.41) is 4.27. The molecule has 3 rings (SSSR count). The van der Waals surface area contributed by atoms with E-state index in [1.807, 2.05) is 6.92 Å². The molecule has 0 spiro atoms. The molecule has 0 fully saturated rings. The fourth-order valence-corrected chi connectivity index (χ4v) is 3.71. The maximum absolute atomic E-state index is 12.9. The summed E-state index contributed by atoms with van der Waals surface area (Å²) in [4.78, 5) is 29.5. The summed E-state index contributed by atoms with van der Waals surface area (Å²) in [6.07, 6.45) is 0.769. The molecule has 146 valence electrons. The summed E-state index contributed by atoms with van der Waals surface area (Å²) >= 11 is 7.22. The van der Waals surface area contributed by atoms with E-state index in [0.717, 1.165) is 12.0 Å². The van der Waals surface area contributed by atoms with Crippen molar-refractivity contribution in [2.75, 3.05) is 5.75 Å². The lowest BCUT2D eigenvalue weighted by atomic mass is 10.2. The molecule has 0 aliphatic carbocycles. The van der Waals surface area contributed by atoms with Gasteiger partial charge < -0.3 is 5.32 Å². The maximum atomic E-state index is 12.9. The number of carbonyl (C=O) groups is 1. The van der Waals surface area contributed by atoms with Crippen molar-refractivity contribution in [2.45, 2.75) is 31.6 Å². The van der Waals surface area contributed by atoms with Crippen molar-refractivity contribution < 1.29 is 9.18 Å². The van der Waals surface area contributed by atoms with Gasteiger partial charge in [-0.25, -0.2) is 9.37 Å². The Morgan fingerprint density at radius 2 is 2.00 bits per heavy atom. The summed E-state index contributed by atoms with van der Waals surface area (Å²) in [5.41, 5.74) is 1.18. The van der Waals surface area contributed by atoms with Crippen LogP contribution in [0, 0.1) is 5.82 Å². The average Bonchev–Trinajstić information content (AvgIpc) is 2.68. The van der Waals surface area contributed by atoms with Crippen molar-refractivity contribution >= 4 is 40.2 Å². The van der Waals surface area contributed by atoms with E-state index in [2.05, 4.69) is 10.3 Å². The molecule has 0 aliphatic heterocycles. The second-order valence-corrected chi connectivity index (χ2v) is 7.58. The normalized spacial score (nSPS) is 11.0. The Bertz CT molecular complexity index is 1050. The van der Waals surface area contributed by atoms with Gasteiger partial charge in [-0.05, 0) is 42.3 Å². The SMILES string of the molecule is CCCn1c(SCC(=O)NCc2ccc(F)cc2)nc2cc(Cl)ccc2c1=O. The highest BCUT2D eigenvalue weighted by molar-refractivity contribution is 7.99. The van der Waals surface area contributed by atoms with E-state index >= 15 is 0 Å². The van der Waals surface area contributed by atoms with Crippen LogP contribution in [0.3, 0.4) is 0 Å². The molecule has 2 aromatic carbocycles. The minimum Gasteiger partial charge on any atom is -0.351 e. The zero-order valence-electron chi connectivity index (χ0n) is 15.2. The van der Waals surface area contributed by atoms with Gasteiger partial charge in [-0.1, -0.05) is 42.4 Å². The third-order valence-corrected chi connectivity index (χ3v) is 5.28. The van der Waals surface area contributed by atoms with Crippen LogP contribution in [0.4, 0.5) is 4.39 Å². The molecule has 0 saturated heterocycles. The average molecular weight is 420 g/mol. The third kappa shape index (κ3) is 4.91. The minimum absolute atomic E-state index is 0.115. The molecule has 1 N–H and O–H groups in total. The van der Waals surface area contributed by atoms with Gasteiger partial charge in [0.2, 0.25) is 5.91 Å². The van der Waals surface area contributed by atoms with Gasteiger partial charge in [0.15, 0.2) is 5.16 Å².